The second-order valence-electron chi connectivity index (χ2n) is 3.59. The molecule has 1 N–H and O–H groups in total. The summed E-state index contributed by atoms with van der Waals surface area (Å²) in [5.74, 6) is 1.06. The van der Waals surface area contributed by atoms with Gasteiger partial charge in [-0.3, -0.25) is 0 Å². The Kier molecular flexibility index (Phi) is 4.51. The SMILES string of the molecule is OCc1cc(Br)ccc1Oc1ccc(Cl)cc1Cl. The van der Waals surface area contributed by atoms with Gasteiger partial charge in [0, 0.05) is 15.1 Å². The highest BCUT2D eigenvalue weighted by Gasteiger charge is 2.08. The van der Waals surface area contributed by atoms with Gasteiger partial charge in [-0.2, -0.15) is 0 Å². The number of rotatable bonds is 3. The van der Waals surface area contributed by atoms with E-state index in [9.17, 15) is 5.11 Å². The van der Waals surface area contributed by atoms with Gasteiger partial charge in [0.15, 0.2) is 0 Å². The molecule has 2 aromatic rings. The molecule has 0 radical (unpaired) electrons. The van der Waals surface area contributed by atoms with E-state index in [4.69, 9.17) is 27.9 Å². The number of ether oxygens (including phenoxy) is 1. The quantitative estimate of drug-likeness (QED) is 0.842. The van der Waals surface area contributed by atoms with Crippen LogP contribution in [0.15, 0.2) is 40.9 Å². The van der Waals surface area contributed by atoms with Crippen molar-refractivity contribution in [3.63, 3.8) is 0 Å². The standard InChI is InChI=1S/C13H9BrCl2O2/c14-9-1-3-12(8(5-9)7-17)18-13-4-2-10(15)6-11(13)16/h1-6,17H,7H2. The maximum absolute atomic E-state index is 9.28. The molecule has 0 atom stereocenters. The molecule has 2 aromatic carbocycles. The van der Waals surface area contributed by atoms with Gasteiger partial charge < -0.3 is 9.84 Å². The molecule has 0 heterocycles. The van der Waals surface area contributed by atoms with Gasteiger partial charge in [0.2, 0.25) is 0 Å². The Balaban J connectivity index is 2.33. The van der Waals surface area contributed by atoms with Crippen LogP contribution in [-0.2, 0) is 6.61 Å². The van der Waals surface area contributed by atoms with E-state index in [1.165, 1.54) is 0 Å². The Morgan fingerprint density at radius 3 is 2.44 bits per heavy atom. The van der Waals surface area contributed by atoms with Crippen LogP contribution in [0.3, 0.4) is 0 Å². The third-order valence-electron chi connectivity index (χ3n) is 2.31. The van der Waals surface area contributed by atoms with Crippen LogP contribution in [-0.4, -0.2) is 5.11 Å². The lowest BCUT2D eigenvalue weighted by Gasteiger charge is -2.11. The summed E-state index contributed by atoms with van der Waals surface area (Å²) in [6.07, 6.45) is 0. The topological polar surface area (TPSA) is 29.5 Å². The van der Waals surface area contributed by atoms with E-state index >= 15 is 0 Å². The molecule has 18 heavy (non-hydrogen) atoms. The molecule has 0 aliphatic rings. The summed E-state index contributed by atoms with van der Waals surface area (Å²) in [6.45, 7) is -0.111. The summed E-state index contributed by atoms with van der Waals surface area (Å²) in [5.41, 5.74) is 0.676. The van der Waals surface area contributed by atoms with Crippen LogP contribution in [0, 0.1) is 0 Å². The third-order valence-corrected chi connectivity index (χ3v) is 3.33. The molecule has 5 heteroatoms. The largest absolute Gasteiger partial charge is 0.455 e. The van der Waals surface area contributed by atoms with E-state index in [1.54, 1.807) is 30.3 Å². The normalized spacial score (nSPS) is 10.4. The molecule has 0 bridgehead atoms. The van der Waals surface area contributed by atoms with Crippen LogP contribution >= 0.6 is 39.1 Å². The maximum Gasteiger partial charge on any atom is 0.146 e. The minimum absolute atomic E-state index is 0.111. The first-order valence-electron chi connectivity index (χ1n) is 5.12. The molecule has 2 nitrogen and oxygen atoms in total. The molecule has 2 rings (SSSR count). The molecular formula is C13H9BrCl2O2. The molecule has 0 saturated carbocycles. The van der Waals surface area contributed by atoms with E-state index in [2.05, 4.69) is 15.9 Å². The summed E-state index contributed by atoms with van der Waals surface area (Å²) >= 11 is 15.2. The van der Waals surface area contributed by atoms with Crippen molar-refractivity contribution >= 4 is 39.1 Å². The van der Waals surface area contributed by atoms with Crippen molar-refractivity contribution in [2.45, 2.75) is 6.61 Å². The number of aliphatic hydroxyl groups is 1. The first-order valence-corrected chi connectivity index (χ1v) is 6.67. The van der Waals surface area contributed by atoms with Gasteiger partial charge >= 0.3 is 0 Å². The van der Waals surface area contributed by atoms with E-state index in [0.717, 1.165) is 4.47 Å². The Hall–Kier alpha value is -0.740. The summed E-state index contributed by atoms with van der Waals surface area (Å²) < 4.78 is 6.55. The van der Waals surface area contributed by atoms with Gasteiger partial charge in [-0.05, 0) is 36.4 Å². The van der Waals surface area contributed by atoms with Gasteiger partial charge in [0.05, 0.1) is 11.6 Å². The highest BCUT2D eigenvalue weighted by Crippen LogP contribution is 2.34. The zero-order chi connectivity index (χ0) is 13.1. The molecule has 0 saturated heterocycles. The summed E-state index contributed by atoms with van der Waals surface area (Å²) in [4.78, 5) is 0. The highest BCUT2D eigenvalue weighted by atomic mass is 79.9. The zero-order valence-electron chi connectivity index (χ0n) is 9.16. The van der Waals surface area contributed by atoms with E-state index < -0.39 is 0 Å². The number of aliphatic hydroxyl groups excluding tert-OH is 1. The van der Waals surface area contributed by atoms with Gasteiger partial charge in [-0.25, -0.2) is 0 Å². The molecule has 0 aliphatic carbocycles. The molecule has 0 spiro atoms. The van der Waals surface area contributed by atoms with E-state index in [1.807, 2.05) is 6.07 Å². The van der Waals surface area contributed by atoms with Crippen LogP contribution < -0.4 is 4.74 Å². The molecule has 0 amide bonds. The number of hydrogen-bond donors (Lipinski definition) is 1. The molecule has 0 aliphatic heterocycles. The molecule has 0 unspecified atom stereocenters. The smallest absolute Gasteiger partial charge is 0.146 e. The lowest BCUT2D eigenvalue weighted by molar-refractivity contribution is 0.276. The lowest BCUT2D eigenvalue weighted by Crippen LogP contribution is -1.92. The Morgan fingerprint density at radius 2 is 1.78 bits per heavy atom. The minimum Gasteiger partial charge on any atom is -0.455 e. The maximum atomic E-state index is 9.28. The molecule has 0 fully saturated rings. The Morgan fingerprint density at radius 1 is 1.06 bits per heavy atom. The number of hydrogen-bond acceptors (Lipinski definition) is 2. The predicted octanol–water partition coefficient (Wildman–Crippen LogP) is 5.04. The van der Waals surface area contributed by atoms with Crippen LogP contribution in [0.4, 0.5) is 0 Å². The second-order valence-corrected chi connectivity index (χ2v) is 5.35. The first kappa shape index (κ1) is 13.7. The fourth-order valence-electron chi connectivity index (χ4n) is 1.45. The first-order chi connectivity index (χ1) is 8.60. The Labute approximate surface area is 123 Å². The average molecular weight is 348 g/mol. The molecule has 94 valence electrons. The third kappa shape index (κ3) is 3.18. The number of halogens is 3. The Bertz CT molecular complexity index is 573. The van der Waals surface area contributed by atoms with Gasteiger partial charge in [-0.1, -0.05) is 39.1 Å². The van der Waals surface area contributed by atoms with Crippen LogP contribution in [0.25, 0.3) is 0 Å². The van der Waals surface area contributed by atoms with Gasteiger partial charge in [-0.15, -0.1) is 0 Å². The van der Waals surface area contributed by atoms with Crippen molar-refractivity contribution < 1.29 is 9.84 Å². The monoisotopic (exact) mass is 346 g/mol. The fourth-order valence-corrected chi connectivity index (χ4v) is 2.30. The molecular weight excluding hydrogens is 339 g/mol. The van der Waals surface area contributed by atoms with Crippen molar-refractivity contribution in [2.24, 2.45) is 0 Å². The predicted molar refractivity (Wildman–Crippen MR) is 76.6 cm³/mol. The van der Waals surface area contributed by atoms with Gasteiger partial charge in [0.25, 0.3) is 0 Å². The van der Waals surface area contributed by atoms with E-state index in [0.29, 0.717) is 27.1 Å². The van der Waals surface area contributed by atoms with Crippen LogP contribution in [0.1, 0.15) is 5.56 Å². The zero-order valence-corrected chi connectivity index (χ0v) is 12.3. The summed E-state index contributed by atoms with van der Waals surface area (Å²) in [7, 11) is 0. The van der Waals surface area contributed by atoms with E-state index in [-0.39, 0.29) is 6.61 Å². The lowest BCUT2D eigenvalue weighted by atomic mass is 10.2. The molecule has 0 aromatic heterocycles. The van der Waals surface area contributed by atoms with Crippen molar-refractivity contribution in [1.82, 2.24) is 0 Å². The summed E-state index contributed by atoms with van der Waals surface area (Å²) in [5, 5.41) is 10.3. The highest BCUT2D eigenvalue weighted by molar-refractivity contribution is 9.10. The second kappa shape index (κ2) is 5.93. The fraction of sp³-hybridized carbons (Fsp3) is 0.0769. The van der Waals surface area contributed by atoms with Crippen LogP contribution in [0.2, 0.25) is 10.0 Å². The number of benzene rings is 2. The van der Waals surface area contributed by atoms with Gasteiger partial charge in [0.1, 0.15) is 11.5 Å². The summed E-state index contributed by atoms with van der Waals surface area (Å²) in [6, 6.07) is 10.4. The average Bonchev–Trinajstić information content (AvgIpc) is 2.34. The van der Waals surface area contributed by atoms with Crippen molar-refractivity contribution in [3.05, 3.63) is 56.5 Å². The van der Waals surface area contributed by atoms with Crippen molar-refractivity contribution in [1.29, 1.82) is 0 Å². The van der Waals surface area contributed by atoms with Crippen molar-refractivity contribution in [3.8, 4) is 11.5 Å². The minimum atomic E-state index is -0.111. The van der Waals surface area contributed by atoms with Crippen molar-refractivity contribution in [2.75, 3.05) is 0 Å². The van der Waals surface area contributed by atoms with Crippen LogP contribution in [0.5, 0.6) is 11.5 Å².